The number of halogens is 2. The summed E-state index contributed by atoms with van der Waals surface area (Å²) >= 11 is 5.83. The molecule has 0 amide bonds. The van der Waals surface area contributed by atoms with Gasteiger partial charge >= 0.3 is 0 Å². The molecule has 0 unspecified atom stereocenters. The van der Waals surface area contributed by atoms with Crippen molar-refractivity contribution in [3.05, 3.63) is 28.7 Å². The molecule has 3 nitrogen and oxygen atoms in total. The highest BCUT2D eigenvalue weighted by atomic mass is 35.5. The number of fused-ring (bicyclic) bond motifs is 1. The molecule has 2 rings (SSSR count). The lowest BCUT2D eigenvalue weighted by molar-refractivity contribution is 0.614. The molecule has 1 aromatic heterocycles. The molecule has 14 heavy (non-hydrogen) atoms. The minimum Gasteiger partial charge on any atom is -0.207 e. The SMILES string of the molecule is CCc1c(F)ccc2nnnc(Cl)c12. The van der Waals surface area contributed by atoms with Gasteiger partial charge in [0.1, 0.15) is 5.82 Å². The molecule has 0 atom stereocenters. The molecule has 5 heteroatoms. The topological polar surface area (TPSA) is 38.7 Å². The van der Waals surface area contributed by atoms with Gasteiger partial charge in [-0.15, -0.1) is 10.2 Å². The first-order valence-corrected chi connectivity index (χ1v) is 4.57. The molecule has 1 aromatic carbocycles. The first-order chi connectivity index (χ1) is 6.74. The lowest BCUT2D eigenvalue weighted by Crippen LogP contribution is -1.96. The van der Waals surface area contributed by atoms with Crippen LogP contribution in [0.15, 0.2) is 12.1 Å². The van der Waals surface area contributed by atoms with Gasteiger partial charge in [-0.25, -0.2) is 4.39 Å². The van der Waals surface area contributed by atoms with E-state index in [-0.39, 0.29) is 11.0 Å². The average molecular weight is 212 g/mol. The van der Waals surface area contributed by atoms with Gasteiger partial charge in [-0.05, 0) is 23.8 Å². The van der Waals surface area contributed by atoms with Gasteiger partial charge < -0.3 is 0 Å². The summed E-state index contributed by atoms with van der Waals surface area (Å²) in [6, 6.07) is 2.91. The van der Waals surface area contributed by atoms with E-state index >= 15 is 0 Å². The van der Waals surface area contributed by atoms with Crippen molar-refractivity contribution in [1.82, 2.24) is 15.4 Å². The quantitative estimate of drug-likeness (QED) is 0.727. The molecule has 72 valence electrons. The molecular formula is C9H7ClFN3. The molecule has 0 saturated carbocycles. The van der Waals surface area contributed by atoms with Gasteiger partial charge in [-0.1, -0.05) is 18.5 Å². The molecule has 0 bridgehead atoms. The molecule has 0 N–H and O–H groups in total. The van der Waals surface area contributed by atoms with E-state index in [1.807, 2.05) is 6.92 Å². The summed E-state index contributed by atoms with van der Waals surface area (Å²) in [7, 11) is 0. The third kappa shape index (κ3) is 1.32. The standard InChI is InChI=1S/C9H7ClFN3/c1-2-5-6(11)3-4-7-8(5)9(10)13-14-12-7/h3-4H,2H2,1H3. The second-order valence-electron chi connectivity index (χ2n) is 2.85. The van der Waals surface area contributed by atoms with Crippen molar-refractivity contribution in [1.29, 1.82) is 0 Å². The van der Waals surface area contributed by atoms with Gasteiger partial charge in [0.05, 0.1) is 5.52 Å². The highest BCUT2D eigenvalue weighted by Crippen LogP contribution is 2.25. The summed E-state index contributed by atoms with van der Waals surface area (Å²) in [4.78, 5) is 0. The van der Waals surface area contributed by atoms with Gasteiger partial charge in [0.25, 0.3) is 0 Å². The van der Waals surface area contributed by atoms with Crippen LogP contribution in [-0.4, -0.2) is 15.4 Å². The molecule has 0 aliphatic carbocycles. The molecule has 0 fully saturated rings. The van der Waals surface area contributed by atoms with E-state index in [9.17, 15) is 4.39 Å². The average Bonchev–Trinajstić information content (AvgIpc) is 2.19. The molecule has 1 heterocycles. The van der Waals surface area contributed by atoms with E-state index < -0.39 is 0 Å². The van der Waals surface area contributed by atoms with Crippen LogP contribution in [0.2, 0.25) is 5.15 Å². The van der Waals surface area contributed by atoms with E-state index in [1.54, 1.807) is 6.07 Å². The number of aryl methyl sites for hydroxylation is 1. The third-order valence-corrected chi connectivity index (χ3v) is 2.34. The Morgan fingerprint density at radius 3 is 2.86 bits per heavy atom. The number of hydrogen-bond donors (Lipinski definition) is 0. The van der Waals surface area contributed by atoms with Gasteiger partial charge in [-0.3, -0.25) is 0 Å². The van der Waals surface area contributed by atoms with Crippen LogP contribution in [0, 0.1) is 5.82 Å². The Morgan fingerprint density at radius 1 is 1.36 bits per heavy atom. The maximum Gasteiger partial charge on any atom is 0.163 e. The van der Waals surface area contributed by atoms with Gasteiger partial charge in [0, 0.05) is 10.9 Å². The summed E-state index contributed by atoms with van der Waals surface area (Å²) in [5.74, 6) is -0.281. The maximum absolute atomic E-state index is 13.4. The zero-order valence-electron chi connectivity index (χ0n) is 7.46. The molecular weight excluding hydrogens is 205 g/mol. The predicted octanol–water partition coefficient (Wildman–Crippen LogP) is 2.38. The Balaban J connectivity index is 2.91. The van der Waals surface area contributed by atoms with Crippen molar-refractivity contribution >= 4 is 22.5 Å². The summed E-state index contributed by atoms with van der Waals surface area (Å²) < 4.78 is 13.4. The summed E-state index contributed by atoms with van der Waals surface area (Å²) in [6.45, 7) is 1.86. The van der Waals surface area contributed by atoms with Crippen molar-refractivity contribution in [3.63, 3.8) is 0 Å². The smallest absolute Gasteiger partial charge is 0.163 e. The van der Waals surface area contributed by atoms with Crippen LogP contribution < -0.4 is 0 Å². The van der Waals surface area contributed by atoms with Crippen molar-refractivity contribution < 1.29 is 4.39 Å². The molecule has 0 aliphatic rings. The van der Waals surface area contributed by atoms with Crippen molar-refractivity contribution in [2.75, 3.05) is 0 Å². The Kier molecular flexibility index (Phi) is 2.29. The lowest BCUT2D eigenvalue weighted by Gasteiger charge is -2.04. The first-order valence-electron chi connectivity index (χ1n) is 4.20. The number of hydrogen-bond acceptors (Lipinski definition) is 3. The number of rotatable bonds is 1. The van der Waals surface area contributed by atoms with Crippen LogP contribution in [0.1, 0.15) is 12.5 Å². The van der Waals surface area contributed by atoms with Crippen LogP contribution in [-0.2, 0) is 6.42 Å². The van der Waals surface area contributed by atoms with E-state index in [0.717, 1.165) is 0 Å². The fourth-order valence-corrected chi connectivity index (χ4v) is 1.67. The monoisotopic (exact) mass is 211 g/mol. The molecule has 0 radical (unpaired) electrons. The van der Waals surface area contributed by atoms with E-state index in [4.69, 9.17) is 11.6 Å². The van der Waals surface area contributed by atoms with Crippen molar-refractivity contribution in [3.8, 4) is 0 Å². The minimum atomic E-state index is -0.281. The summed E-state index contributed by atoms with van der Waals surface area (Å²) in [6.07, 6.45) is 0.552. The van der Waals surface area contributed by atoms with Gasteiger partial charge in [0.15, 0.2) is 5.15 Å². The van der Waals surface area contributed by atoms with Crippen LogP contribution >= 0.6 is 11.6 Å². The zero-order chi connectivity index (χ0) is 10.1. The fourth-order valence-electron chi connectivity index (χ4n) is 1.43. The predicted molar refractivity (Wildman–Crippen MR) is 51.7 cm³/mol. The summed E-state index contributed by atoms with van der Waals surface area (Å²) in [5, 5.41) is 11.6. The maximum atomic E-state index is 13.4. The van der Waals surface area contributed by atoms with Gasteiger partial charge in [-0.2, -0.15) is 0 Å². The number of benzene rings is 1. The lowest BCUT2D eigenvalue weighted by atomic mass is 10.1. The van der Waals surface area contributed by atoms with Crippen molar-refractivity contribution in [2.45, 2.75) is 13.3 Å². The molecule has 0 saturated heterocycles. The fraction of sp³-hybridized carbons (Fsp3) is 0.222. The van der Waals surface area contributed by atoms with E-state index in [2.05, 4.69) is 15.4 Å². The number of aromatic nitrogens is 3. The summed E-state index contributed by atoms with van der Waals surface area (Å²) in [5.41, 5.74) is 1.11. The second kappa shape index (κ2) is 3.46. The van der Waals surface area contributed by atoms with Crippen molar-refractivity contribution in [2.24, 2.45) is 0 Å². The van der Waals surface area contributed by atoms with E-state index in [0.29, 0.717) is 22.9 Å². The number of nitrogens with zero attached hydrogens (tertiary/aromatic N) is 3. The third-order valence-electron chi connectivity index (χ3n) is 2.08. The van der Waals surface area contributed by atoms with Crippen LogP contribution in [0.3, 0.4) is 0 Å². The Bertz CT molecular complexity index is 487. The largest absolute Gasteiger partial charge is 0.207 e. The van der Waals surface area contributed by atoms with Crippen LogP contribution in [0.25, 0.3) is 10.9 Å². The Labute approximate surface area is 84.9 Å². The minimum absolute atomic E-state index is 0.200. The Hall–Kier alpha value is -1.29. The highest BCUT2D eigenvalue weighted by Gasteiger charge is 2.10. The Morgan fingerprint density at radius 2 is 2.14 bits per heavy atom. The van der Waals surface area contributed by atoms with E-state index in [1.165, 1.54) is 6.07 Å². The molecule has 0 aliphatic heterocycles. The van der Waals surface area contributed by atoms with Gasteiger partial charge in [0.2, 0.25) is 0 Å². The second-order valence-corrected chi connectivity index (χ2v) is 3.21. The zero-order valence-corrected chi connectivity index (χ0v) is 8.22. The van der Waals surface area contributed by atoms with Crippen LogP contribution in [0.4, 0.5) is 4.39 Å². The molecule has 2 aromatic rings. The first kappa shape index (κ1) is 9.27. The highest BCUT2D eigenvalue weighted by molar-refractivity contribution is 6.34. The van der Waals surface area contributed by atoms with Crippen LogP contribution in [0.5, 0.6) is 0 Å². The molecule has 0 spiro atoms. The normalized spacial score (nSPS) is 10.8.